The molecule has 130 valence electrons. The Kier molecular flexibility index (Phi) is 4.33. The van der Waals surface area contributed by atoms with Crippen molar-refractivity contribution in [1.82, 2.24) is 40.1 Å². The molecule has 1 amide bonds. The zero-order chi connectivity index (χ0) is 17.8. The van der Waals surface area contributed by atoms with E-state index in [1.165, 1.54) is 12.7 Å². The van der Waals surface area contributed by atoms with Gasteiger partial charge in [-0.05, 0) is 30.7 Å². The van der Waals surface area contributed by atoms with E-state index in [-0.39, 0.29) is 5.91 Å². The number of rotatable bonds is 6. The van der Waals surface area contributed by atoms with E-state index in [2.05, 4.69) is 30.8 Å². The number of benzene rings is 1. The van der Waals surface area contributed by atoms with Crippen molar-refractivity contribution >= 4 is 16.9 Å². The third-order valence-corrected chi connectivity index (χ3v) is 3.90. The number of amides is 1. The monoisotopic (exact) mass is 348 g/mol. The van der Waals surface area contributed by atoms with Crippen molar-refractivity contribution in [2.24, 2.45) is 0 Å². The predicted molar refractivity (Wildman–Crippen MR) is 93.6 cm³/mol. The number of carbonyl (C=O) groups is 1. The minimum absolute atomic E-state index is 0.219. The Bertz CT molecular complexity index is 1020. The van der Waals surface area contributed by atoms with Gasteiger partial charge in [-0.15, -0.1) is 15.3 Å². The molecular formula is C17H16N8O. The molecule has 0 fully saturated rings. The van der Waals surface area contributed by atoms with E-state index in [1.807, 2.05) is 28.9 Å². The van der Waals surface area contributed by atoms with Gasteiger partial charge in [0, 0.05) is 13.1 Å². The molecule has 0 aliphatic heterocycles. The Balaban J connectivity index is 1.34. The predicted octanol–water partition coefficient (Wildman–Crippen LogP) is 1.23. The van der Waals surface area contributed by atoms with Crippen molar-refractivity contribution in [2.45, 2.75) is 13.0 Å². The van der Waals surface area contributed by atoms with Crippen molar-refractivity contribution in [3.63, 3.8) is 0 Å². The van der Waals surface area contributed by atoms with Crippen LogP contribution >= 0.6 is 0 Å². The summed E-state index contributed by atoms with van der Waals surface area (Å²) < 4.78 is 3.49. The molecule has 9 heteroatoms. The SMILES string of the molecule is O=C(NCCCn1nnc2ccccc21)c1cccc(-n2cnnc2)n1. The Morgan fingerprint density at radius 1 is 1.04 bits per heavy atom. The number of para-hydroxylation sites is 1. The molecule has 0 saturated carbocycles. The average molecular weight is 348 g/mol. The summed E-state index contributed by atoms with van der Waals surface area (Å²) >= 11 is 0. The highest BCUT2D eigenvalue weighted by atomic mass is 16.1. The smallest absolute Gasteiger partial charge is 0.269 e. The van der Waals surface area contributed by atoms with E-state index in [4.69, 9.17) is 0 Å². The molecular weight excluding hydrogens is 332 g/mol. The largest absolute Gasteiger partial charge is 0.351 e. The number of hydrogen-bond donors (Lipinski definition) is 1. The number of hydrogen-bond acceptors (Lipinski definition) is 6. The summed E-state index contributed by atoms with van der Waals surface area (Å²) in [5.41, 5.74) is 2.20. The van der Waals surface area contributed by atoms with Crippen LogP contribution < -0.4 is 5.32 Å². The molecule has 1 aromatic carbocycles. The number of aromatic nitrogens is 7. The number of carbonyl (C=O) groups excluding carboxylic acids is 1. The van der Waals surface area contributed by atoms with Gasteiger partial charge in [-0.2, -0.15) is 0 Å². The van der Waals surface area contributed by atoms with Crippen LogP contribution in [0.1, 0.15) is 16.9 Å². The van der Waals surface area contributed by atoms with Crippen molar-refractivity contribution in [2.75, 3.05) is 6.54 Å². The highest BCUT2D eigenvalue weighted by molar-refractivity contribution is 5.92. The Morgan fingerprint density at radius 3 is 2.77 bits per heavy atom. The van der Waals surface area contributed by atoms with Crippen molar-refractivity contribution < 1.29 is 4.79 Å². The summed E-state index contributed by atoms with van der Waals surface area (Å²) in [6.07, 6.45) is 3.81. The molecule has 0 bridgehead atoms. The third-order valence-electron chi connectivity index (χ3n) is 3.90. The first-order chi connectivity index (χ1) is 12.8. The number of pyridine rings is 1. The maximum Gasteiger partial charge on any atom is 0.269 e. The standard InChI is InChI=1S/C17H16N8O/c26-17(14-6-3-8-16(21-14)24-11-19-20-12-24)18-9-4-10-25-15-7-2-1-5-13(15)22-23-25/h1-3,5-8,11-12H,4,9-10H2,(H,18,26). The Morgan fingerprint density at radius 2 is 1.88 bits per heavy atom. The van der Waals surface area contributed by atoms with Gasteiger partial charge in [0.2, 0.25) is 0 Å². The molecule has 1 N–H and O–H groups in total. The van der Waals surface area contributed by atoms with Crippen LogP contribution in [0.25, 0.3) is 16.9 Å². The maximum atomic E-state index is 12.3. The van der Waals surface area contributed by atoms with E-state index in [0.717, 1.165) is 17.5 Å². The summed E-state index contributed by atoms with van der Waals surface area (Å²) in [5.74, 6) is 0.375. The number of nitrogens with zero attached hydrogens (tertiary/aromatic N) is 7. The average Bonchev–Trinajstić information content (AvgIpc) is 3.35. The molecule has 0 atom stereocenters. The van der Waals surface area contributed by atoms with E-state index >= 15 is 0 Å². The van der Waals surface area contributed by atoms with Gasteiger partial charge in [0.1, 0.15) is 29.7 Å². The summed E-state index contributed by atoms with van der Waals surface area (Å²) in [7, 11) is 0. The normalized spacial score (nSPS) is 10.9. The summed E-state index contributed by atoms with van der Waals surface area (Å²) in [4.78, 5) is 16.6. The lowest BCUT2D eigenvalue weighted by Gasteiger charge is -2.07. The molecule has 0 saturated heterocycles. The molecule has 3 aromatic heterocycles. The van der Waals surface area contributed by atoms with E-state index in [9.17, 15) is 4.79 Å². The van der Waals surface area contributed by atoms with Gasteiger partial charge in [-0.25, -0.2) is 9.67 Å². The summed E-state index contributed by atoms with van der Waals surface area (Å²) in [6.45, 7) is 1.19. The second kappa shape index (κ2) is 7.09. The lowest BCUT2D eigenvalue weighted by Crippen LogP contribution is -2.26. The van der Waals surface area contributed by atoms with Crippen LogP contribution in [0.5, 0.6) is 0 Å². The molecule has 0 radical (unpaired) electrons. The minimum atomic E-state index is -0.219. The second-order valence-electron chi connectivity index (χ2n) is 5.66. The van der Waals surface area contributed by atoms with Crippen LogP contribution in [0.15, 0.2) is 55.1 Å². The lowest BCUT2D eigenvalue weighted by atomic mass is 10.3. The zero-order valence-corrected chi connectivity index (χ0v) is 13.9. The van der Waals surface area contributed by atoms with Crippen LogP contribution in [0.4, 0.5) is 0 Å². The number of fused-ring (bicyclic) bond motifs is 1. The van der Waals surface area contributed by atoms with Gasteiger partial charge in [-0.1, -0.05) is 23.4 Å². The third kappa shape index (κ3) is 3.27. The molecule has 0 aliphatic carbocycles. The van der Waals surface area contributed by atoms with E-state index < -0.39 is 0 Å². The molecule has 0 spiro atoms. The Hall–Kier alpha value is -3.62. The molecule has 0 aliphatic rings. The van der Waals surface area contributed by atoms with Gasteiger partial charge in [0.25, 0.3) is 5.91 Å². The van der Waals surface area contributed by atoms with E-state index in [1.54, 1.807) is 22.8 Å². The number of aryl methyl sites for hydroxylation is 1. The fraction of sp³-hybridized carbons (Fsp3) is 0.176. The first kappa shape index (κ1) is 15.9. The van der Waals surface area contributed by atoms with Gasteiger partial charge in [-0.3, -0.25) is 9.36 Å². The lowest BCUT2D eigenvalue weighted by molar-refractivity contribution is 0.0947. The minimum Gasteiger partial charge on any atom is -0.351 e. The maximum absolute atomic E-state index is 12.3. The van der Waals surface area contributed by atoms with Crippen molar-refractivity contribution in [3.05, 3.63) is 60.8 Å². The van der Waals surface area contributed by atoms with Gasteiger partial charge in [0.15, 0.2) is 0 Å². The first-order valence-electron chi connectivity index (χ1n) is 8.20. The van der Waals surface area contributed by atoms with E-state index in [0.29, 0.717) is 24.6 Å². The molecule has 4 rings (SSSR count). The fourth-order valence-corrected chi connectivity index (χ4v) is 2.62. The van der Waals surface area contributed by atoms with Gasteiger partial charge < -0.3 is 5.32 Å². The van der Waals surface area contributed by atoms with Crippen LogP contribution in [0, 0.1) is 0 Å². The van der Waals surface area contributed by atoms with Crippen LogP contribution in [-0.4, -0.2) is 47.2 Å². The molecule has 9 nitrogen and oxygen atoms in total. The summed E-state index contributed by atoms with van der Waals surface area (Å²) in [6, 6.07) is 13.0. The summed E-state index contributed by atoms with van der Waals surface area (Å²) in [5, 5.41) is 18.6. The molecule has 26 heavy (non-hydrogen) atoms. The second-order valence-corrected chi connectivity index (χ2v) is 5.66. The molecule has 0 unspecified atom stereocenters. The van der Waals surface area contributed by atoms with Crippen molar-refractivity contribution in [3.8, 4) is 5.82 Å². The fourth-order valence-electron chi connectivity index (χ4n) is 2.62. The highest BCUT2D eigenvalue weighted by Crippen LogP contribution is 2.10. The van der Waals surface area contributed by atoms with Crippen LogP contribution in [-0.2, 0) is 6.54 Å². The molecule has 3 heterocycles. The quantitative estimate of drug-likeness (QED) is 0.526. The zero-order valence-electron chi connectivity index (χ0n) is 13.9. The Labute approximate surface area is 148 Å². The number of nitrogens with one attached hydrogen (secondary N) is 1. The highest BCUT2D eigenvalue weighted by Gasteiger charge is 2.09. The first-order valence-corrected chi connectivity index (χ1v) is 8.20. The van der Waals surface area contributed by atoms with Crippen LogP contribution in [0.2, 0.25) is 0 Å². The van der Waals surface area contributed by atoms with Gasteiger partial charge in [0.05, 0.1) is 5.52 Å². The molecule has 4 aromatic rings. The van der Waals surface area contributed by atoms with Gasteiger partial charge >= 0.3 is 0 Å². The van der Waals surface area contributed by atoms with Crippen LogP contribution in [0.3, 0.4) is 0 Å². The topological polar surface area (TPSA) is 103 Å². The van der Waals surface area contributed by atoms with Crippen molar-refractivity contribution in [1.29, 1.82) is 0 Å².